The number of halogens is 5. The minimum atomic E-state index is -3.62. The summed E-state index contributed by atoms with van der Waals surface area (Å²) >= 11 is 6.16. The van der Waals surface area contributed by atoms with Crippen molar-refractivity contribution in [2.45, 2.75) is 89.4 Å². The van der Waals surface area contributed by atoms with Crippen molar-refractivity contribution in [1.29, 1.82) is 0 Å². The molecule has 3 unspecified atom stereocenters. The minimum absolute atomic E-state index is 0.0227. The standard InChI is InChI=1S/C27H38ClF4N3O3/c1-3-5-9-20(28)18-38-35-13-12-22(33-26(35)30)21-11-10-19-17-23(34-25(29)24(19)27(21,31)32)37-16-8-7-15-36-14-6-4-2/h12-13,17,20-21,26H,3-11,14-16,18H2,1-2H3. The first-order valence-corrected chi connectivity index (χ1v) is 13.9. The second-order valence-electron chi connectivity index (χ2n) is 9.60. The molecule has 0 saturated carbocycles. The number of hydrogen-bond donors (Lipinski definition) is 0. The zero-order valence-electron chi connectivity index (χ0n) is 22.1. The molecule has 1 aromatic rings. The fourth-order valence-corrected chi connectivity index (χ4v) is 4.62. The Balaban J connectivity index is 1.57. The van der Waals surface area contributed by atoms with Gasteiger partial charge in [0.15, 0.2) is 0 Å². The first-order valence-electron chi connectivity index (χ1n) is 13.5. The predicted octanol–water partition coefficient (Wildman–Crippen LogP) is 7.10. The number of nitrogens with zero attached hydrogens (tertiary/aromatic N) is 3. The molecule has 2 heterocycles. The third-order valence-corrected chi connectivity index (χ3v) is 6.92. The molecule has 0 fully saturated rings. The highest BCUT2D eigenvalue weighted by Crippen LogP contribution is 2.47. The highest BCUT2D eigenvalue weighted by molar-refractivity contribution is 6.20. The van der Waals surface area contributed by atoms with Gasteiger partial charge in [-0.1, -0.05) is 33.1 Å². The van der Waals surface area contributed by atoms with Gasteiger partial charge in [0.25, 0.3) is 12.3 Å². The molecular weight excluding hydrogens is 526 g/mol. The van der Waals surface area contributed by atoms with E-state index in [1.807, 2.05) is 6.92 Å². The third kappa shape index (κ3) is 8.29. The van der Waals surface area contributed by atoms with Crippen molar-refractivity contribution in [2.75, 3.05) is 26.4 Å². The van der Waals surface area contributed by atoms with Gasteiger partial charge >= 0.3 is 0 Å². The third-order valence-electron chi connectivity index (χ3n) is 6.57. The lowest BCUT2D eigenvalue weighted by molar-refractivity contribution is -0.180. The summed E-state index contributed by atoms with van der Waals surface area (Å²) < 4.78 is 71.5. The summed E-state index contributed by atoms with van der Waals surface area (Å²) in [4.78, 5) is 12.8. The van der Waals surface area contributed by atoms with Gasteiger partial charge in [0, 0.05) is 25.5 Å². The topological polar surface area (TPSA) is 56.2 Å². The first kappa shape index (κ1) is 30.6. The average Bonchev–Trinajstić information content (AvgIpc) is 2.87. The summed E-state index contributed by atoms with van der Waals surface area (Å²) in [5, 5.41) is 0.553. The SMILES string of the molecule is CCCCOCCCCOc1cc2c(c(F)n1)C(F)(F)C(C1=NC(F)N(OCC(Cl)CCCC)C=C1)CC2. The maximum Gasteiger partial charge on any atom is 0.288 e. The van der Waals surface area contributed by atoms with Gasteiger partial charge < -0.3 is 9.47 Å². The van der Waals surface area contributed by atoms with Crippen LogP contribution in [-0.2, 0) is 21.9 Å². The van der Waals surface area contributed by atoms with Crippen molar-refractivity contribution in [3.63, 3.8) is 0 Å². The maximum atomic E-state index is 15.5. The van der Waals surface area contributed by atoms with Crippen molar-refractivity contribution < 1.29 is 31.9 Å². The van der Waals surface area contributed by atoms with Crippen molar-refractivity contribution in [2.24, 2.45) is 10.9 Å². The second-order valence-corrected chi connectivity index (χ2v) is 10.2. The van der Waals surface area contributed by atoms with Gasteiger partial charge in [0.05, 0.1) is 35.8 Å². The summed E-state index contributed by atoms with van der Waals surface area (Å²) in [5.74, 6) is -6.41. The number of alkyl halides is 4. The summed E-state index contributed by atoms with van der Waals surface area (Å²) in [6.45, 7) is 5.80. The summed E-state index contributed by atoms with van der Waals surface area (Å²) in [5.41, 5.74) is -0.794. The molecule has 0 aromatic carbocycles. The smallest absolute Gasteiger partial charge is 0.288 e. The molecule has 1 aliphatic heterocycles. The van der Waals surface area contributed by atoms with Crippen molar-refractivity contribution >= 4 is 17.3 Å². The Labute approximate surface area is 227 Å². The minimum Gasteiger partial charge on any atom is -0.478 e. The van der Waals surface area contributed by atoms with Crippen LogP contribution in [0.2, 0.25) is 0 Å². The van der Waals surface area contributed by atoms with Crippen LogP contribution in [0.5, 0.6) is 5.88 Å². The van der Waals surface area contributed by atoms with Crippen LogP contribution in [0.4, 0.5) is 17.6 Å². The fraction of sp³-hybridized carbons (Fsp3) is 0.704. The van der Waals surface area contributed by atoms with Gasteiger partial charge in [0.1, 0.15) is 0 Å². The normalized spacial score (nSPS) is 21.2. The Hall–Kier alpha value is -1.91. The molecule has 0 N–H and O–H groups in total. The molecule has 0 radical (unpaired) electrons. The monoisotopic (exact) mass is 563 g/mol. The van der Waals surface area contributed by atoms with Crippen LogP contribution in [0.3, 0.4) is 0 Å². The second kappa shape index (κ2) is 15.0. The Bertz CT molecular complexity index is 950. The van der Waals surface area contributed by atoms with E-state index in [9.17, 15) is 8.78 Å². The van der Waals surface area contributed by atoms with Crippen LogP contribution < -0.4 is 4.74 Å². The summed E-state index contributed by atoms with van der Waals surface area (Å²) in [6.07, 6.45) is 6.77. The van der Waals surface area contributed by atoms with Gasteiger partial charge in [-0.15, -0.1) is 11.6 Å². The largest absolute Gasteiger partial charge is 0.478 e. The van der Waals surface area contributed by atoms with Crippen LogP contribution >= 0.6 is 11.6 Å². The van der Waals surface area contributed by atoms with E-state index < -0.39 is 29.8 Å². The van der Waals surface area contributed by atoms with Crippen molar-refractivity contribution in [3.8, 4) is 5.88 Å². The van der Waals surface area contributed by atoms with E-state index in [0.29, 0.717) is 13.0 Å². The Morgan fingerprint density at radius 1 is 1.13 bits per heavy atom. The molecule has 214 valence electrons. The molecule has 6 nitrogen and oxygen atoms in total. The zero-order chi connectivity index (χ0) is 27.5. The van der Waals surface area contributed by atoms with Crippen LogP contribution in [0.25, 0.3) is 0 Å². The number of unbranched alkanes of at least 4 members (excludes halogenated alkanes) is 3. The molecule has 2 aliphatic rings. The van der Waals surface area contributed by atoms with Gasteiger partial charge in [-0.25, -0.2) is 18.8 Å². The fourth-order valence-electron chi connectivity index (χ4n) is 4.41. The van der Waals surface area contributed by atoms with E-state index in [4.69, 9.17) is 25.9 Å². The molecule has 0 bridgehead atoms. The molecule has 3 rings (SSSR count). The highest BCUT2D eigenvalue weighted by Gasteiger charge is 2.50. The van der Waals surface area contributed by atoms with Gasteiger partial charge in [-0.05, 0) is 50.2 Å². The molecular formula is C27H38ClF4N3O3. The number of fused-ring (bicyclic) bond motifs is 1. The van der Waals surface area contributed by atoms with Crippen LogP contribution in [0.1, 0.15) is 76.3 Å². The number of ether oxygens (including phenoxy) is 2. The lowest BCUT2D eigenvalue weighted by Crippen LogP contribution is -2.40. The molecule has 38 heavy (non-hydrogen) atoms. The van der Waals surface area contributed by atoms with E-state index in [0.717, 1.165) is 50.2 Å². The summed E-state index contributed by atoms with van der Waals surface area (Å²) in [6, 6.07) is 1.37. The number of pyridine rings is 1. The number of aliphatic imine (C=N–C) groups is 1. The average molecular weight is 564 g/mol. The zero-order valence-corrected chi connectivity index (χ0v) is 22.9. The van der Waals surface area contributed by atoms with Crippen LogP contribution in [0.15, 0.2) is 23.3 Å². The predicted molar refractivity (Wildman–Crippen MR) is 139 cm³/mol. The molecule has 0 amide bonds. The van der Waals surface area contributed by atoms with Crippen LogP contribution in [-0.4, -0.2) is 54.0 Å². The molecule has 3 atom stereocenters. The number of hydrogen-bond acceptors (Lipinski definition) is 6. The number of aromatic nitrogens is 1. The van der Waals surface area contributed by atoms with Crippen molar-refractivity contribution in [1.82, 2.24) is 10.0 Å². The van der Waals surface area contributed by atoms with E-state index >= 15 is 8.78 Å². The number of rotatable bonds is 16. The number of aryl methyl sites for hydroxylation is 1. The lowest BCUT2D eigenvalue weighted by Gasteiger charge is -2.35. The van der Waals surface area contributed by atoms with Gasteiger partial charge in [-0.3, -0.25) is 4.84 Å². The Kier molecular flexibility index (Phi) is 12.1. The Morgan fingerprint density at radius 3 is 2.61 bits per heavy atom. The van der Waals surface area contributed by atoms with Crippen molar-refractivity contribution in [3.05, 3.63) is 35.4 Å². The molecule has 1 aliphatic carbocycles. The number of allylic oxidation sites excluding steroid dienone is 1. The van der Waals surface area contributed by atoms with E-state index in [1.54, 1.807) is 0 Å². The van der Waals surface area contributed by atoms with Gasteiger partial charge in [-0.2, -0.15) is 13.8 Å². The van der Waals surface area contributed by atoms with Crippen LogP contribution in [0, 0.1) is 11.9 Å². The highest BCUT2D eigenvalue weighted by atomic mass is 35.5. The van der Waals surface area contributed by atoms with Gasteiger partial charge in [0.2, 0.25) is 11.8 Å². The maximum absolute atomic E-state index is 15.5. The Morgan fingerprint density at radius 2 is 1.87 bits per heavy atom. The molecule has 1 aromatic heterocycles. The number of hydroxylamine groups is 2. The quantitative estimate of drug-likeness (QED) is 0.0705. The molecule has 0 saturated heterocycles. The van der Waals surface area contributed by atoms with E-state index in [-0.39, 0.29) is 48.6 Å². The summed E-state index contributed by atoms with van der Waals surface area (Å²) in [7, 11) is 0. The first-order chi connectivity index (χ1) is 18.3. The van der Waals surface area contributed by atoms with E-state index in [1.165, 1.54) is 18.3 Å². The molecule has 0 spiro atoms. The lowest BCUT2D eigenvalue weighted by atomic mass is 9.78. The van der Waals surface area contributed by atoms with E-state index in [2.05, 4.69) is 16.9 Å². The molecule has 11 heteroatoms.